The summed E-state index contributed by atoms with van der Waals surface area (Å²) < 4.78 is 20.1. The Balaban J connectivity index is 1.59. The SMILES string of the molecule is CC(=O)Cc1cnc(-c2ccc(OCCN3CCNCC3)cc2F)nc1. The molecule has 1 aliphatic rings. The van der Waals surface area contributed by atoms with Gasteiger partial charge in [-0.1, -0.05) is 0 Å². The number of hydrogen-bond acceptors (Lipinski definition) is 6. The minimum atomic E-state index is -0.427. The van der Waals surface area contributed by atoms with Gasteiger partial charge in [0, 0.05) is 57.6 Å². The number of benzene rings is 1. The van der Waals surface area contributed by atoms with Crippen LogP contribution < -0.4 is 10.1 Å². The number of Topliss-reactive ketones (excluding diaryl/α,β-unsaturated/α-hetero) is 1. The van der Waals surface area contributed by atoms with Gasteiger partial charge in [-0.2, -0.15) is 0 Å². The van der Waals surface area contributed by atoms with Crippen molar-refractivity contribution in [3.05, 3.63) is 42.0 Å². The molecule has 1 aliphatic heterocycles. The molecule has 1 N–H and O–H groups in total. The molecule has 1 fully saturated rings. The van der Waals surface area contributed by atoms with E-state index in [9.17, 15) is 9.18 Å². The van der Waals surface area contributed by atoms with Crippen LogP contribution in [0.15, 0.2) is 30.6 Å². The van der Waals surface area contributed by atoms with Crippen molar-refractivity contribution in [2.45, 2.75) is 13.3 Å². The average Bonchev–Trinajstić information content (AvgIpc) is 2.63. The lowest BCUT2D eigenvalue weighted by molar-refractivity contribution is -0.116. The molecule has 26 heavy (non-hydrogen) atoms. The van der Waals surface area contributed by atoms with Crippen molar-refractivity contribution < 1.29 is 13.9 Å². The van der Waals surface area contributed by atoms with Gasteiger partial charge in [-0.25, -0.2) is 14.4 Å². The van der Waals surface area contributed by atoms with E-state index in [-0.39, 0.29) is 12.2 Å². The number of carbonyl (C=O) groups is 1. The number of carbonyl (C=O) groups excluding carboxylic acids is 1. The van der Waals surface area contributed by atoms with Gasteiger partial charge >= 0.3 is 0 Å². The topological polar surface area (TPSA) is 67.3 Å². The van der Waals surface area contributed by atoms with Gasteiger partial charge in [-0.15, -0.1) is 0 Å². The molecule has 0 atom stereocenters. The summed E-state index contributed by atoms with van der Waals surface area (Å²) in [5.41, 5.74) is 1.03. The number of piperazine rings is 1. The molecule has 1 aromatic carbocycles. The first-order valence-electron chi connectivity index (χ1n) is 8.78. The van der Waals surface area contributed by atoms with E-state index in [1.165, 1.54) is 13.0 Å². The molecule has 7 heteroatoms. The maximum absolute atomic E-state index is 14.4. The van der Waals surface area contributed by atoms with Crippen LogP contribution in [0.2, 0.25) is 0 Å². The van der Waals surface area contributed by atoms with Gasteiger partial charge in [-0.3, -0.25) is 9.69 Å². The molecule has 0 unspecified atom stereocenters. The summed E-state index contributed by atoms with van der Waals surface area (Å²) in [6, 6.07) is 4.71. The number of aromatic nitrogens is 2. The van der Waals surface area contributed by atoms with Crippen LogP contribution in [0.5, 0.6) is 5.75 Å². The zero-order valence-electron chi connectivity index (χ0n) is 14.9. The molecular weight excluding hydrogens is 335 g/mol. The van der Waals surface area contributed by atoms with Crippen molar-refractivity contribution in [1.82, 2.24) is 20.2 Å². The zero-order valence-corrected chi connectivity index (χ0v) is 14.9. The second-order valence-electron chi connectivity index (χ2n) is 6.38. The molecule has 0 bridgehead atoms. The summed E-state index contributed by atoms with van der Waals surface area (Å²) in [6.07, 6.45) is 3.39. The number of halogens is 1. The Bertz CT molecular complexity index is 746. The minimum absolute atomic E-state index is 0.0369. The van der Waals surface area contributed by atoms with Crippen LogP contribution in [0.3, 0.4) is 0 Å². The number of hydrogen-bond donors (Lipinski definition) is 1. The Kier molecular flexibility index (Phi) is 6.25. The molecule has 1 aromatic heterocycles. The summed E-state index contributed by atoms with van der Waals surface area (Å²) in [7, 11) is 0. The lowest BCUT2D eigenvalue weighted by atomic mass is 10.1. The Morgan fingerprint density at radius 1 is 1.27 bits per heavy atom. The van der Waals surface area contributed by atoms with Crippen LogP contribution in [-0.4, -0.2) is 60.0 Å². The maximum atomic E-state index is 14.4. The predicted octanol–water partition coefficient (Wildman–Crippen LogP) is 1.70. The number of rotatable bonds is 7. The van der Waals surface area contributed by atoms with E-state index < -0.39 is 5.82 Å². The highest BCUT2D eigenvalue weighted by Gasteiger charge is 2.12. The molecule has 3 rings (SSSR count). The molecule has 2 aromatic rings. The molecule has 138 valence electrons. The van der Waals surface area contributed by atoms with Crippen LogP contribution in [0.1, 0.15) is 12.5 Å². The number of ketones is 1. The molecule has 0 spiro atoms. The lowest BCUT2D eigenvalue weighted by Crippen LogP contribution is -2.44. The number of ether oxygens (including phenoxy) is 1. The lowest BCUT2D eigenvalue weighted by Gasteiger charge is -2.26. The number of nitrogens with zero attached hydrogens (tertiary/aromatic N) is 3. The molecule has 1 saturated heterocycles. The van der Waals surface area contributed by atoms with Crippen LogP contribution in [0, 0.1) is 5.82 Å². The fourth-order valence-corrected chi connectivity index (χ4v) is 2.87. The fourth-order valence-electron chi connectivity index (χ4n) is 2.87. The summed E-state index contributed by atoms with van der Waals surface area (Å²) in [6.45, 7) is 6.86. The molecule has 0 aliphatic carbocycles. The fraction of sp³-hybridized carbons (Fsp3) is 0.421. The average molecular weight is 358 g/mol. The van der Waals surface area contributed by atoms with Crippen LogP contribution in [0.4, 0.5) is 4.39 Å². The quantitative estimate of drug-likeness (QED) is 0.813. The Morgan fingerprint density at radius 3 is 2.65 bits per heavy atom. The molecule has 0 saturated carbocycles. The minimum Gasteiger partial charge on any atom is -0.492 e. The highest BCUT2D eigenvalue weighted by Crippen LogP contribution is 2.23. The van der Waals surface area contributed by atoms with Gasteiger partial charge < -0.3 is 10.1 Å². The third kappa shape index (κ3) is 5.06. The van der Waals surface area contributed by atoms with E-state index in [0.29, 0.717) is 23.7 Å². The van der Waals surface area contributed by atoms with Gasteiger partial charge in [-0.05, 0) is 24.6 Å². The second kappa shape index (κ2) is 8.82. The van der Waals surface area contributed by atoms with Gasteiger partial charge in [0.15, 0.2) is 5.82 Å². The third-order valence-electron chi connectivity index (χ3n) is 4.23. The van der Waals surface area contributed by atoms with E-state index in [1.807, 2.05) is 0 Å². The van der Waals surface area contributed by atoms with E-state index in [2.05, 4.69) is 20.2 Å². The van der Waals surface area contributed by atoms with Crippen molar-refractivity contribution in [3.8, 4) is 17.1 Å². The molecule has 2 heterocycles. The van der Waals surface area contributed by atoms with Crippen LogP contribution >= 0.6 is 0 Å². The summed E-state index contributed by atoms with van der Waals surface area (Å²) in [5, 5.41) is 3.30. The largest absolute Gasteiger partial charge is 0.492 e. The molecular formula is C19H23FN4O2. The Hall–Kier alpha value is -2.38. The highest BCUT2D eigenvalue weighted by atomic mass is 19.1. The van der Waals surface area contributed by atoms with Gasteiger partial charge in [0.2, 0.25) is 0 Å². The third-order valence-corrected chi connectivity index (χ3v) is 4.23. The number of nitrogens with one attached hydrogen (secondary N) is 1. The van der Waals surface area contributed by atoms with Gasteiger partial charge in [0.05, 0.1) is 5.56 Å². The standard InChI is InChI=1S/C19H23FN4O2/c1-14(25)10-15-12-22-19(23-13-15)17-3-2-16(11-18(17)20)26-9-8-24-6-4-21-5-7-24/h2-3,11-13,21H,4-10H2,1H3. The predicted molar refractivity (Wildman–Crippen MR) is 96.6 cm³/mol. The van der Waals surface area contributed by atoms with Crippen molar-refractivity contribution in [2.75, 3.05) is 39.3 Å². The first kappa shape index (κ1) is 18.4. The molecule has 0 amide bonds. The van der Waals surface area contributed by atoms with Crippen molar-refractivity contribution in [1.29, 1.82) is 0 Å². The van der Waals surface area contributed by atoms with Crippen molar-refractivity contribution in [2.24, 2.45) is 0 Å². The Labute approximate surface area is 152 Å². The zero-order chi connectivity index (χ0) is 18.4. The van der Waals surface area contributed by atoms with E-state index in [1.54, 1.807) is 24.5 Å². The normalized spacial score (nSPS) is 15.0. The summed E-state index contributed by atoms with van der Waals surface area (Å²) in [4.78, 5) is 21.7. The first-order valence-corrected chi connectivity index (χ1v) is 8.78. The maximum Gasteiger partial charge on any atom is 0.162 e. The van der Waals surface area contributed by atoms with Gasteiger partial charge in [0.25, 0.3) is 0 Å². The summed E-state index contributed by atoms with van der Waals surface area (Å²) >= 11 is 0. The van der Waals surface area contributed by atoms with E-state index in [0.717, 1.165) is 38.3 Å². The molecule has 6 nitrogen and oxygen atoms in total. The van der Waals surface area contributed by atoms with E-state index >= 15 is 0 Å². The smallest absolute Gasteiger partial charge is 0.162 e. The first-order chi connectivity index (χ1) is 12.6. The van der Waals surface area contributed by atoms with Crippen LogP contribution in [0.25, 0.3) is 11.4 Å². The monoisotopic (exact) mass is 358 g/mol. The second-order valence-corrected chi connectivity index (χ2v) is 6.38. The summed E-state index contributed by atoms with van der Waals surface area (Å²) in [5.74, 6) is 0.399. The van der Waals surface area contributed by atoms with Crippen molar-refractivity contribution >= 4 is 5.78 Å². The molecule has 0 radical (unpaired) electrons. The van der Waals surface area contributed by atoms with Gasteiger partial charge in [0.1, 0.15) is 24.0 Å². The Morgan fingerprint density at radius 2 is 2.00 bits per heavy atom. The van der Waals surface area contributed by atoms with Crippen molar-refractivity contribution in [3.63, 3.8) is 0 Å². The highest BCUT2D eigenvalue weighted by molar-refractivity contribution is 5.78. The van der Waals surface area contributed by atoms with Crippen LogP contribution in [-0.2, 0) is 11.2 Å². The van der Waals surface area contributed by atoms with E-state index in [4.69, 9.17) is 4.74 Å².